The van der Waals surface area contributed by atoms with Gasteiger partial charge in [0.25, 0.3) is 5.91 Å². The van der Waals surface area contributed by atoms with Crippen LogP contribution in [-0.4, -0.2) is 59.4 Å². The van der Waals surface area contributed by atoms with E-state index >= 15 is 0 Å². The highest BCUT2D eigenvalue weighted by molar-refractivity contribution is 7.14. The lowest BCUT2D eigenvalue weighted by atomic mass is 10.0. The van der Waals surface area contributed by atoms with Crippen LogP contribution in [0.2, 0.25) is 0 Å². The van der Waals surface area contributed by atoms with Crippen LogP contribution in [-0.2, 0) is 0 Å². The molecule has 0 spiro atoms. The summed E-state index contributed by atoms with van der Waals surface area (Å²) in [7, 11) is 1.65. The van der Waals surface area contributed by atoms with Gasteiger partial charge in [-0.15, -0.1) is 0 Å². The number of hydrogen-bond acceptors (Lipinski definition) is 5. The number of nitrogens with zero attached hydrogens (tertiary/aromatic N) is 3. The zero-order chi connectivity index (χ0) is 15.1. The summed E-state index contributed by atoms with van der Waals surface area (Å²) in [6.45, 7) is 4.01. The fourth-order valence-electron chi connectivity index (χ4n) is 3.54. The molecule has 6 heteroatoms. The number of methoxy groups -OCH3 is 1. The summed E-state index contributed by atoms with van der Waals surface area (Å²) in [5.41, 5.74) is 0.583. The van der Waals surface area contributed by atoms with Crippen molar-refractivity contribution < 1.29 is 9.53 Å². The number of amides is 1. The van der Waals surface area contributed by atoms with Gasteiger partial charge in [-0.1, -0.05) is 12.1 Å². The number of carbonyl (C=O) groups excluding carboxylic acids is 1. The molecular weight excluding hydrogens is 298 g/mol. The number of fused-ring (bicyclic) bond motifs is 5. The summed E-state index contributed by atoms with van der Waals surface area (Å²) < 4.78 is 10.8. The summed E-state index contributed by atoms with van der Waals surface area (Å²) in [6, 6.07) is 6.17. The quantitative estimate of drug-likeness (QED) is 0.852. The van der Waals surface area contributed by atoms with Crippen molar-refractivity contribution in [2.75, 3.05) is 33.3 Å². The van der Waals surface area contributed by atoms with Gasteiger partial charge in [0.1, 0.15) is 11.4 Å². The molecule has 3 aliphatic rings. The molecule has 0 radical (unpaired) electrons. The highest BCUT2D eigenvalue weighted by atomic mass is 32.1. The summed E-state index contributed by atoms with van der Waals surface area (Å²) in [4.78, 5) is 17.5. The second-order valence-electron chi connectivity index (χ2n) is 5.94. The maximum Gasteiger partial charge on any atom is 0.274 e. The minimum absolute atomic E-state index is 0.0771. The Bertz CT molecular complexity index is 706. The lowest BCUT2D eigenvalue weighted by Gasteiger charge is -2.31. The molecule has 3 aliphatic heterocycles. The van der Waals surface area contributed by atoms with Gasteiger partial charge in [-0.2, -0.15) is 4.37 Å². The molecule has 0 aliphatic carbocycles. The van der Waals surface area contributed by atoms with E-state index in [0.717, 1.165) is 54.9 Å². The molecule has 2 bridgehead atoms. The molecule has 5 nitrogen and oxygen atoms in total. The molecule has 3 saturated heterocycles. The van der Waals surface area contributed by atoms with Crippen molar-refractivity contribution in [2.45, 2.75) is 18.9 Å². The van der Waals surface area contributed by atoms with E-state index in [1.54, 1.807) is 7.11 Å². The Morgan fingerprint density at radius 2 is 2.09 bits per heavy atom. The van der Waals surface area contributed by atoms with E-state index in [4.69, 9.17) is 4.74 Å². The van der Waals surface area contributed by atoms with Crippen molar-refractivity contribution in [3.05, 3.63) is 23.9 Å². The number of piperidine rings is 1. The Morgan fingerprint density at radius 1 is 1.27 bits per heavy atom. The fraction of sp³-hybridized carbons (Fsp3) is 0.500. The van der Waals surface area contributed by atoms with E-state index in [1.807, 2.05) is 23.1 Å². The van der Waals surface area contributed by atoms with Gasteiger partial charge in [0.15, 0.2) is 0 Å². The average molecular weight is 317 g/mol. The molecule has 3 fully saturated rings. The average Bonchev–Trinajstić information content (AvgIpc) is 2.77. The lowest BCUT2D eigenvalue weighted by Crippen LogP contribution is -2.41. The van der Waals surface area contributed by atoms with Crippen LogP contribution in [0.25, 0.3) is 10.1 Å². The molecular formula is C16H19N3O2S. The normalized spacial score (nSPS) is 24.5. The van der Waals surface area contributed by atoms with E-state index in [-0.39, 0.29) is 5.91 Å². The predicted octanol–water partition coefficient (Wildman–Crippen LogP) is 2.23. The third-order valence-corrected chi connectivity index (χ3v) is 5.68. The summed E-state index contributed by atoms with van der Waals surface area (Å²) in [5, 5.41) is 0.911. The van der Waals surface area contributed by atoms with Crippen LogP contribution in [0.4, 0.5) is 0 Å². The Labute approximate surface area is 133 Å². The third kappa shape index (κ3) is 2.18. The van der Waals surface area contributed by atoms with Crippen molar-refractivity contribution in [2.24, 2.45) is 0 Å². The third-order valence-electron chi connectivity index (χ3n) is 4.80. The van der Waals surface area contributed by atoms with E-state index in [9.17, 15) is 4.79 Å². The molecule has 0 N–H and O–H groups in total. The monoisotopic (exact) mass is 317 g/mol. The maximum atomic E-state index is 13.0. The molecule has 0 unspecified atom stereocenters. The van der Waals surface area contributed by atoms with Crippen LogP contribution in [0.15, 0.2) is 18.2 Å². The minimum Gasteiger partial charge on any atom is -0.495 e. The minimum atomic E-state index is 0.0771. The Hall–Kier alpha value is -1.66. The van der Waals surface area contributed by atoms with E-state index in [0.29, 0.717) is 11.7 Å². The number of benzene rings is 1. The lowest BCUT2D eigenvalue weighted by molar-refractivity contribution is 0.0682. The van der Waals surface area contributed by atoms with Crippen LogP contribution in [0.5, 0.6) is 5.75 Å². The van der Waals surface area contributed by atoms with Gasteiger partial charge in [-0.05, 0) is 30.4 Å². The summed E-state index contributed by atoms with van der Waals surface area (Å²) in [6.07, 6.45) is 2.16. The van der Waals surface area contributed by atoms with Crippen molar-refractivity contribution in [3.8, 4) is 5.75 Å². The first-order valence-corrected chi connectivity index (χ1v) is 8.51. The highest BCUT2D eigenvalue weighted by Crippen LogP contribution is 2.33. The molecule has 0 atom stereocenters. The van der Waals surface area contributed by atoms with Gasteiger partial charge in [0.05, 0.1) is 11.8 Å². The Kier molecular flexibility index (Phi) is 3.50. The number of rotatable bonds is 2. The van der Waals surface area contributed by atoms with Gasteiger partial charge in [0, 0.05) is 37.6 Å². The first-order chi connectivity index (χ1) is 10.8. The molecule has 5 rings (SSSR count). The van der Waals surface area contributed by atoms with E-state index < -0.39 is 0 Å². The molecule has 1 aromatic carbocycles. The van der Waals surface area contributed by atoms with Crippen LogP contribution in [0.3, 0.4) is 0 Å². The number of aromatic nitrogens is 1. The van der Waals surface area contributed by atoms with Crippen LogP contribution in [0, 0.1) is 0 Å². The second-order valence-corrected chi connectivity index (χ2v) is 6.71. The van der Waals surface area contributed by atoms with Gasteiger partial charge in [-0.25, -0.2) is 0 Å². The zero-order valence-corrected chi connectivity index (χ0v) is 13.4. The largest absolute Gasteiger partial charge is 0.495 e. The molecule has 22 heavy (non-hydrogen) atoms. The van der Waals surface area contributed by atoms with Crippen molar-refractivity contribution >= 4 is 27.5 Å². The fourth-order valence-corrected chi connectivity index (χ4v) is 4.41. The van der Waals surface area contributed by atoms with Crippen LogP contribution >= 0.6 is 11.5 Å². The molecule has 2 aromatic rings. The number of ether oxygens (including phenoxy) is 1. The summed E-state index contributed by atoms with van der Waals surface area (Å²) >= 11 is 1.35. The first kappa shape index (κ1) is 14.0. The molecule has 1 aromatic heterocycles. The molecule has 1 amide bonds. The SMILES string of the molecule is COc1cccc2c(C(=O)N3CCN4CCC3CC4)nsc12. The van der Waals surface area contributed by atoms with Crippen molar-refractivity contribution in [1.29, 1.82) is 0 Å². The number of hydrogen-bond donors (Lipinski definition) is 0. The standard InChI is InChI=1S/C16H19N3O2S/c1-21-13-4-2-3-12-14(17-22-15(12)13)16(20)19-10-9-18-7-5-11(19)6-8-18/h2-4,11H,5-10H2,1H3. The Balaban J connectivity index is 1.71. The van der Waals surface area contributed by atoms with Crippen molar-refractivity contribution in [3.63, 3.8) is 0 Å². The van der Waals surface area contributed by atoms with Gasteiger partial charge in [0.2, 0.25) is 0 Å². The van der Waals surface area contributed by atoms with Gasteiger partial charge >= 0.3 is 0 Å². The highest BCUT2D eigenvalue weighted by Gasteiger charge is 2.33. The van der Waals surface area contributed by atoms with E-state index in [2.05, 4.69) is 9.27 Å². The zero-order valence-electron chi connectivity index (χ0n) is 12.6. The van der Waals surface area contributed by atoms with Crippen LogP contribution < -0.4 is 4.74 Å². The summed E-state index contributed by atoms with van der Waals surface area (Å²) in [5.74, 6) is 0.866. The van der Waals surface area contributed by atoms with Crippen molar-refractivity contribution in [1.82, 2.24) is 14.2 Å². The predicted molar refractivity (Wildman–Crippen MR) is 86.7 cm³/mol. The molecule has 0 saturated carbocycles. The smallest absolute Gasteiger partial charge is 0.274 e. The van der Waals surface area contributed by atoms with Crippen LogP contribution in [0.1, 0.15) is 23.3 Å². The van der Waals surface area contributed by atoms with Gasteiger partial charge in [-0.3, -0.25) is 4.79 Å². The van der Waals surface area contributed by atoms with E-state index in [1.165, 1.54) is 11.5 Å². The first-order valence-electron chi connectivity index (χ1n) is 7.73. The topological polar surface area (TPSA) is 45.7 Å². The maximum absolute atomic E-state index is 13.0. The number of carbonyl (C=O) groups is 1. The Morgan fingerprint density at radius 3 is 2.86 bits per heavy atom. The van der Waals surface area contributed by atoms with Gasteiger partial charge < -0.3 is 14.5 Å². The molecule has 116 valence electrons. The molecule has 4 heterocycles. The second kappa shape index (κ2) is 5.52.